The van der Waals surface area contributed by atoms with Gasteiger partial charge in [0.2, 0.25) is 5.95 Å². The van der Waals surface area contributed by atoms with E-state index in [1.54, 1.807) is 35.7 Å². The summed E-state index contributed by atoms with van der Waals surface area (Å²) >= 11 is 1.56. The number of ether oxygens (including phenoxy) is 1. The molecular formula is C26H23N7OS. The fraction of sp³-hybridized carbons (Fsp3) is 0.115. The maximum absolute atomic E-state index is 5.84. The van der Waals surface area contributed by atoms with Crippen molar-refractivity contribution in [2.24, 2.45) is 4.99 Å². The molecule has 174 valence electrons. The van der Waals surface area contributed by atoms with Crippen LogP contribution >= 0.6 is 11.8 Å². The maximum Gasteiger partial charge on any atom is 0.255 e. The Morgan fingerprint density at radius 3 is 2.49 bits per heavy atom. The first-order valence-corrected chi connectivity index (χ1v) is 12.2. The van der Waals surface area contributed by atoms with Crippen LogP contribution < -0.4 is 10.1 Å². The molecule has 5 aromatic rings. The van der Waals surface area contributed by atoms with E-state index in [1.807, 2.05) is 54.9 Å². The lowest BCUT2D eigenvalue weighted by Gasteiger charge is -2.12. The standard InChI is InChI=1S/C26H23N7OS/c1-17-5-4-6-18(15-17)23-22(16-27-2)24(35-3)30-26-31-25(32-33(23)26)29-19-7-9-20(10-8-19)34-21-11-13-28-14-12-21/h4-16H,1-3H3,(H,29,32). The highest BCUT2D eigenvalue weighted by Crippen LogP contribution is 2.31. The number of benzene rings is 2. The zero-order valence-electron chi connectivity index (χ0n) is 19.5. The second-order valence-electron chi connectivity index (χ2n) is 7.72. The summed E-state index contributed by atoms with van der Waals surface area (Å²) in [7, 11) is 1.75. The normalized spacial score (nSPS) is 11.3. The van der Waals surface area contributed by atoms with Crippen molar-refractivity contribution in [1.29, 1.82) is 0 Å². The quantitative estimate of drug-likeness (QED) is 0.178. The number of hydrogen-bond donors (Lipinski definition) is 1. The lowest BCUT2D eigenvalue weighted by Crippen LogP contribution is -2.05. The van der Waals surface area contributed by atoms with Crippen molar-refractivity contribution in [2.75, 3.05) is 18.6 Å². The minimum Gasteiger partial charge on any atom is -0.457 e. The molecule has 0 aliphatic heterocycles. The molecule has 0 radical (unpaired) electrons. The Hall–Kier alpha value is -4.24. The molecule has 3 aromatic heterocycles. The number of fused-ring (bicyclic) bond motifs is 1. The number of rotatable bonds is 7. The lowest BCUT2D eigenvalue weighted by molar-refractivity contribution is 0.482. The molecule has 0 spiro atoms. The largest absolute Gasteiger partial charge is 0.457 e. The molecule has 0 bridgehead atoms. The van der Waals surface area contributed by atoms with Gasteiger partial charge in [0.1, 0.15) is 16.5 Å². The molecule has 0 saturated heterocycles. The van der Waals surface area contributed by atoms with Crippen LogP contribution in [0.1, 0.15) is 11.1 Å². The predicted octanol–water partition coefficient (Wildman–Crippen LogP) is 5.80. The minimum absolute atomic E-state index is 0.451. The molecule has 5 rings (SSSR count). The monoisotopic (exact) mass is 481 g/mol. The molecule has 0 saturated carbocycles. The molecule has 2 aromatic carbocycles. The Morgan fingerprint density at radius 2 is 1.77 bits per heavy atom. The third kappa shape index (κ3) is 4.85. The molecule has 8 nitrogen and oxygen atoms in total. The van der Waals surface area contributed by atoms with Crippen LogP contribution in [0.5, 0.6) is 11.5 Å². The summed E-state index contributed by atoms with van der Waals surface area (Å²) in [5, 5.41) is 8.86. The number of pyridine rings is 1. The predicted molar refractivity (Wildman–Crippen MR) is 140 cm³/mol. The summed E-state index contributed by atoms with van der Waals surface area (Å²) in [4.78, 5) is 17.7. The van der Waals surface area contributed by atoms with Gasteiger partial charge in [-0.2, -0.15) is 9.50 Å². The van der Waals surface area contributed by atoms with Crippen LogP contribution in [0.3, 0.4) is 0 Å². The molecule has 0 fully saturated rings. The molecule has 35 heavy (non-hydrogen) atoms. The molecule has 0 unspecified atom stereocenters. The van der Waals surface area contributed by atoms with Gasteiger partial charge in [0.25, 0.3) is 5.78 Å². The molecule has 0 aliphatic carbocycles. The van der Waals surface area contributed by atoms with Gasteiger partial charge in [0.05, 0.1) is 11.3 Å². The van der Waals surface area contributed by atoms with E-state index < -0.39 is 0 Å². The average molecular weight is 482 g/mol. The Labute approximate surface area is 207 Å². The fourth-order valence-electron chi connectivity index (χ4n) is 3.69. The van der Waals surface area contributed by atoms with Gasteiger partial charge >= 0.3 is 0 Å². The van der Waals surface area contributed by atoms with Crippen LogP contribution in [0.15, 0.2) is 83.1 Å². The van der Waals surface area contributed by atoms with E-state index in [0.717, 1.165) is 44.6 Å². The number of aliphatic imine (C=N–C) groups is 1. The van der Waals surface area contributed by atoms with Crippen molar-refractivity contribution in [3.05, 3.63) is 84.2 Å². The first kappa shape index (κ1) is 22.5. The van der Waals surface area contributed by atoms with Gasteiger partial charge in [0, 0.05) is 36.9 Å². The van der Waals surface area contributed by atoms with E-state index in [4.69, 9.17) is 14.8 Å². The summed E-state index contributed by atoms with van der Waals surface area (Å²) in [6, 6.07) is 19.5. The van der Waals surface area contributed by atoms with E-state index in [0.29, 0.717) is 11.7 Å². The molecular weight excluding hydrogens is 458 g/mol. The average Bonchev–Trinajstić information content (AvgIpc) is 3.27. The van der Waals surface area contributed by atoms with E-state index in [9.17, 15) is 0 Å². The highest BCUT2D eigenvalue weighted by molar-refractivity contribution is 7.98. The fourth-order valence-corrected chi connectivity index (χ4v) is 4.24. The number of anilines is 2. The van der Waals surface area contributed by atoms with E-state index >= 15 is 0 Å². The van der Waals surface area contributed by atoms with Crippen LogP contribution in [0.2, 0.25) is 0 Å². The highest BCUT2D eigenvalue weighted by atomic mass is 32.2. The van der Waals surface area contributed by atoms with Crippen molar-refractivity contribution in [3.8, 4) is 22.8 Å². The van der Waals surface area contributed by atoms with Crippen molar-refractivity contribution in [3.63, 3.8) is 0 Å². The molecule has 0 atom stereocenters. The topological polar surface area (TPSA) is 89.6 Å². The number of nitrogens with one attached hydrogen (secondary N) is 1. The summed E-state index contributed by atoms with van der Waals surface area (Å²) in [6.45, 7) is 2.07. The Morgan fingerprint density at radius 1 is 1.00 bits per heavy atom. The molecule has 0 amide bonds. The van der Waals surface area contributed by atoms with Gasteiger partial charge in [-0.25, -0.2) is 4.98 Å². The second-order valence-corrected chi connectivity index (χ2v) is 8.52. The third-order valence-electron chi connectivity index (χ3n) is 5.23. The van der Waals surface area contributed by atoms with Crippen molar-refractivity contribution >= 4 is 35.4 Å². The van der Waals surface area contributed by atoms with Gasteiger partial charge < -0.3 is 10.1 Å². The van der Waals surface area contributed by atoms with Crippen LogP contribution in [-0.2, 0) is 0 Å². The number of thioether (sulfide) groups is 1. The van der Waals surface area contributed by atoms with E-state index in [2.05, 4.69) is 45.4 Å². The highest BCUT2D eigenvalue weighted by Gasteiger charge is 2.19. The number of aromatic nitrogens is 5. The van der Waals surface area contributed by atoms with Crippen LogP contribution in [0.25, 0.3) is 17.0 Å². The third-order valence-corrected chi connectivity index (χ3v) is 5.93. The second kappa shape index (κ2) is 9.94. The number of aryl methyl sites for hydroxylation is 1. The van der Waals surface area contributed by atoms with E-state index in [1.165, 1.54) is 0 Å². The van der Waals surface area contributed by atoms with Gasteiger partial charge in [-0.3, -0.25) is 9.98 Å². The van der Waals surface area contributed by atoms with Crippen molar-refractivity contribution in [1.82, 2.24) is 24.6 Å². The first-order chi connectivity index (χ1) is 17.1. The van der Waals surface area contributed by atoms with Crippen LogP contribution in [-0.4, -0.2) is 44.1 Å². The number of hydrogen-bond acceptors (Lipinski definition) is 8. The van der Waals surface area contributed by atoms with Crippen molar-refractivity contribution in [2.45, 2.75) is 11.9 Å². The first-order valence-electron chi connectivity index (χ1n) is 10.9. The van der Waals surface area contributed by atoms with Crippen LogP contribution in [0.4, 0.5) is 11.6 Å². The van der Waals surface area contributed by atoms with Gasteiger partial charge in [-0.15, -0.1) is 16.9 Å². The molecule has 0 aliphatic rings. The summed E-state index contributed by atoms with van der Waals surface area (Å²) in [5.74, 6) is 2.42. The maximum atomic E-state index is 5.84. The Kier molecular flexibility index (Phi) is 6.40. The summed E-state index contributed by atoms with van der Waals surface area (Å²) in [5.41, 5.74) is 4.82. The molecule has 3 heterocycles. The minimum atomic E-state index is 0.451. The van der Waals surface area contributed by atoms with E-state index in [-0.39, 0.29) is 0 Å². The zero-order valence-corrected chi connectivity index (χ0v) is 20.3. The van der Waals surface area contributed by atoms with Gasteiger partial charge in [-0.1, -0.05) is 23.8 Å². The molecule has 1 N–H and O–H groups in total. The zero-order chi connectivity index (χ0) is 24.2. The van der Waals surface area contributed by atoms with Gasteiger partial charge in [-0.05, 0) is 55.6 Å². The van der Waals surface area contributed by atoms with Crippen molar-refractivity contribution < 1.29 is 4.74 Å². The lowest BCUT2D eigenvalue weighted by atomic mass is 10.1. The van der Waals surface area contributed by atoms with Gasteiger partial charge in [0.15, 0.2) is 0 Å². The summed E-state index contributed by atoms with van der Waals surface area (Å²) < 4.78 is 7.61. The van der Waals surface area contributed by atoms with Crippen LogP contribution in [0, 0.1) is 6.92 Å². The Bertz CT molecular complexity index is 1500. The smallest absolute Gasteiger partial charge is 0.255 e. The Balaban J connectivity index is 1.51. The molecule has 9 heteroatoms. The SMILES string of the molecule is CN=Cc1c(SC)nc2nc(Nc3ccc(Oc4ccncc4)cc3)nn2c1-c1cccc(C)c1. The number of nitrogens with zero attached hydrogens (tertiary/aromatic N) is 6. The summed E-state index contributed by atoms with van der Waals surface area (Å²) in [6.07, 6.45) is 7.21.